The van der Waals surface area contributed by atoms with Gasteiger partial charge < -0.3 is 14.8 Å². The average Bonchev–Trinajstić information content (AvgIpc) is 2.65. The second kappa shape index (κ2) is 7.95. The van der Waals surface area contributed by atoms with E-state index in [0.29, 0.717) is 30.4 Å². The number of hydrogen-bond acceptors (Lipinski definition) is 7. The van der Waals surface area contributed by atoms with Gasteiger partial charge in [0, 0.05) is 17.8 Å². The standard InChI is InChI=1S/C18H19N3O7S/c1-12-14(4-3-5-15(12)21(23)24)20(29(2,25)26)11-18(22)19-13-6-7-16-17(10-13)28-9-8-27-16/h3-7,10H,8-9,11H2,1-2H3,(H,19,22). The molecule has 0 aromatic heterocycles. The van der Waals surface area contributed by atoms with E-state index in [4.69, 9.17) is 9.47 Å². The summed E-state index contributed by atoms with van der Waals surface area (Å²) in [6.45, 7) is 1.71. The Morgan fingerprint density at radius 2 is 1.90 bits per heavy atom. The average molecular weight is 421 g/mol. The van der Waals surface area contributed by atoms with E-state index >= 15 is 0 Å². The highest BCUT2D eigenvalue weighted by atomic mass is 32.2. The van der Waals surface area contributed by atoms with E-state index in [1.54, 1.807) is 18.2 Å². The molecule has 1 aliphatic rings. The molecule has 2 aromatic carbocycles. The summed E-state index contributed by atoms with van der Waals surface area (Å²) in [5.41, 5.74) is 0.390. The number of nitro groups is 1. The third-order valence-corrected chi connectivity index (χ3v) is 5.38. The van der Waals surface area contributed by atoms with Crippen molar-refractivity contribution in [2.75, 3.05) is 35.6 Å². The summed E-state index contributed by atoms with van der Waals surface area (Å²) >= 11 is 0. The summed E-state index contributed by atoms with van der Waals surface area (Å²) in [6.07, 6.45) is 0.933. The highest BCUT2D eigenvalue weighted by Crippen LogP contribution is 2.33. The molecule has 0 spiro atoms. The molecule has 154 valence electrons. The van der Waals surface area contributed by atoms with Gasteiger partial charge in [-0.25, -0.2) is 8.42 Å². The molecule has 1 amide bonds. The van der Waals surface area contributed by atoms with Crippen LogP contribution in [0, 0.1) is 17.0 Å². The summed E-state index contributed by atoms with van der Waals surface area (Å²) in [4.78, 5) is 23.1. The maximum atomic E-state index is 12.5. The minimum atomic E-state index is -3.88. The number of hydrogen-bond donors (Lipinski definition) is 1. The Balaban J connectivity index is 1.84. The van der Waals surface area contributed by atoms with Crippen LogP contribution in [0.25, 0.3) is 0 Å². The third-order valence-electron chi connectivity index (χ3n) is 4.26. The summed E-state index contributed by atoms with van der Waals surface area (Å²) in [6, 6.07) is 8.89. The van der Waals surface area contributed by atoms with Gasteiger partial charge in [0.05, 0.1) is 22.4 Å². The molecule has 11 heteroatoms. The van der Waals surface area contributed by atoms with E-state index in [9.17, 15) is 23.3 Å². The van der Waals surface area contributed by atoms with Crippen molar-refractivity contribution in [3.8, 4) is 11.5 Å². The number of ether oxygens (including phenoxy) is 2. The van der Waals surface area contributed by atoms with Crippen molar-refractivity contribution in [3.63, 3.8) is 0 Å². The van der Waals surface area contributed by atoms with Crippen LogP contribution >= 0.6 is 0 Å². The molecule has 0 aliphatic carbocycles. The van der Waals surface area contributed by atoms with Crippen LogP contribution in [0.5, 0.6) is 11.5 Å². The summed E-state index contributed by atoms with van der Waals surface area (Å²) < 4.78 is 36.3. The second-order valence-electron chi connectivity index (χ2n) is 6.35. The fourth-order valence-electron chi connectivity index (χ4n) is 2.91. The Bertz CT molecular complexity index is 1070. The van der Waals surface area contributed by atoms with Crippen LogP contribution in [0.4, 0.5) is 17.1 Å². The number of anilines is 2. The first-order valence-electron chi connectivity index (χ1n) is 8.58. The number of nitrogens with one attached hydrogen (secondary N) is 1. The molecule has 10 nitrogen and oxygen atoms in total. The van der Waals surface area contributed by atoms with E-state index in [1.165, 1.54) is 25.1 Å². The molecule has 1 heterocycles. The van der Waals surface area contributed by atoms with Crippen molar-refractivity contribution >= 4 is 33.0 Å². The van der Waals surface area contributed by atoms with Crippen LogP contribution in [-0.4, -0.2) is 45.3 Å². The minimum Gasteiger partial charge on any atom is -0.486 e. The van der Waals surface area contributed by atoms with Crippen molar-refractivity contribution in [1.29, 1.82) is 0 Å². The van der Waals surface area contributed by atoms with Crippen LogP contribution < -0.4 is 19.1 Å². The fourth-order valence-corrected chi connectivity index (χ4v) is 3.82. The van der Waals surface area contributed by atoms with Gasteiger partial charge in [-0.2, -0.15) is 0 Å². The van der Waals surface area contributed by atoms with E-state index in [2.05, 4.69) is 5.32 Å². The minimum absolute atomic E-state index is 0.0685. The number of carbonyl (C=O) groups excluding carboxylic acids is 1. The van der Waals surface area contributed by atoms with Gasteiger partial charge in [0.2, 0.25) is 15.9 Å². The highest BCUT2D eigenvalue weighted by molar-refractivity contribution is 7.92. The second-order valence-corrected chi connectivity index (χ2v) is 8.26. The monoisotopic (exact) mass is 421 g/mol. The number of amides is 1. The smallest absolute Gasteiger partial charge is 0.274 e. The maximum absolute atomic E-state index is 12.5. The van der Waals surface area contributed by atoms with Gasteiger partial charge in [-0.05, 0) is 25.1 Å². The Hall–Kier alpha value is -3.34. The van der Waals surface area contributed by atoms with Crippen molar-refractivity contribution in [3.05, 3.63) is 52.1 Å². The molecule has 1 aliphatic heterocycles. The molecule has 0 bridgehead atoms. The highest BCUT2D eigenvalue weighted by Gasteiger charge is 2.26. The van der Waals surface area contributed by atoms with Gasteiger partial charge in [0.25, 0.3) is 5.69 Å². The third kappa shape index (κ3) is 4.57. The van der Waals surface area contributed by atoms with E-state index in [1.807, 2.05) is 0 Å². The Kier molecular flexibility index (Phi) is 5.59. The largest absolute Gasteiger partial charge is 0.486 e. The molecule has 0 unspecified atom stereocenters. The Morgan fingerprint density at radius 1 is 1.21 bits per heavy atom. The molecular weight excluding hydrogens is 402 g/mol. The number of rotatable bonds is 6. The number of nitro benzene ring substituents is 1. The first-order chi connectivity index (χ1) is 13.7. The molecule has 29 heavy (non-hydrogen) atoms. The number of carbonyl (C=O) groups is 1. The van der Waals surface area contributed by atoms with E-state index in [-0.39, 0.29) is 16.9 Å². The van der Waals surface area contributed by atoms with Crippen LogP contribution in [0.15, 0.2) is 36.4 Å². The van der Waals surface area contributed by atoms with Crippen molar-refractivity contribution < 1.29 is 27.6 Å². The summed E-state index contributed by atoms with van der Waals surface area (Å²) in [5, 5.41) is 13.8. The zero-order valence-electron chi connectivity index (χ0n) is 15.7. The predicted molar refractivity (Wildman–Crippen MR) is 106 cm³/mol. The van der Waals surface area contributed by atoms with E-state index in [0.717, 1.165) is 10.6 Å². The summed E-state index contributed by atoms with van der Waals surface area (Å²) in [5.74, 6) is 0.417. The molecular formula is C18H19N3O7S. The molecule has 0 radical (unpaired) electrons. The van der Waals surface area contributed by atoms with Gasteiger partial charge in [-0.3, -0.25) is 19.2 Å². The maximum Gasteiger partial charge on any atom is 0.274 e. The lowest BCUT2D eigenvalue weighted by Gasteiger charge is -2.23. The number of sulfonamides is 1. The lowest BCUT2D eigenvalue weighted by atomic mass is 10.1. The summed E-state index contributed by atoms with van der Waals surface area (Å²) in [7, 11) is -3.88. The van der Waals surface area contributed by atoms with Gasteiger partial charge >= 0.3 is 0 Å². The molecule has 0 atom stereocenters. The lowest BCUT2D eigenvalue weighted by molar-refractivity contribution is -0.385. The van der Waals surface area contributed by atoms with Crippen molar-refractivity contribution in [1.82, 2.24) is 0 Å². The van der Waals surface area contributed by atoms with Gasteiger partial charge in [0.15, 0.2) is 11.5 Å². The van der Waals surface area contributed by atoms with Crippen molar-refractivity contribution in [2.45, 2.75) is 6.92 Å². The number of nitrogens with zero attached hydrogens (tertiary/aromatic N) is 2. The normalized spacial score (nSPS) is 12.9. The predicted octanol–water partition coefficient (Wildman–Crippen LogP) is 2.08. The van der Waals surface area contributed by atoms with Gasteiger partial charge in [-0.15, -0.1) is 0 Å². The van der Waals surface area contributed by atoms with Crippen LogP contribution in [0.3, 0.4) is 0 Å². The zero-order valence-corrected chi connectivity index (χ0v) is 16.6. The first kappa shape index (κ1) is 20.4. The topological polar surface area (TPSA) is 128 Å². The SMILES string of the molecule is Cc1c(N(CC(=O)Nc2ccc3c(c2)OCCO3)S(C)(=O)=O)cccc1[N+](=O)[O-]. The molecule has 0 fully saturated rings. The van der Waals surface area contributed by atoms with E-state index < -0.39 is 27.4 Å². The lowest BCUT2D eigenvalue weighted by Crippen LogP contribution is -2.38. The Morgan fingerprint density at radius 3 is 2.55 bits per heavy atom. The number of fused-ring (bicyclic) bond motifs is 1. The van der Waals surface area contributed by atoms with Crippen molar-refractivity contribution in [2.24, 2.45) is 0 Å². The number of benzene rings is 2. The van der Waals surface area contributed by atoms with Crippen LogP contribution in [0.2, 0.25) is 0 Å². The Labute approximate surface area is 167 Å². The van der Waals surface area contributed by atoms with Crippen LogP contribution in [0.1, 0.15) is 5.56 Å². The molecule has 2 aromatic rings. The molecule has 1 N–H and O–H groups in total. The fraction of sp³-hybridized carbons (Fsp3) is 0.278. The zero-order chi connectivity index (χ0) is 21.2. The van der Waals surface area contributed by atoms with Gasteiger partial charge in [-0.1, -0.05) is 6.07 Å². The van der Waals surface area contributed by atoms with Gasteiger partial charge in [0.1, 0.15) is 19.8 Å². The first-order valence-corrected chi connectivity index (χ1v) is 10.4. The molecule has 3 rings (SSSR count). The molecule has 0 saturated carbocycles. The van der Waals surface area contributed by atoms with Crippen LogP contribution in [-0.2, 0) is 14.8 Å². The quantitative estimate of drug-likeness (QED) is 0.558. The molecule has 0 saturated heterocycles.